The molecular formula is C14H11Cl2FN2O. The van der Waals surface area contributed by atoms with Crippen LogP contribution in [-0.4, -0.2) is 9.55 Å². The number of nitrogens with zero attached hydrogens (tertiary/aromatic N) is 2. The molecule has 104 valence electrons. The van der Waals surface area contributed by atoms with E-state index in [-0.39, 0.29) is 10.9 Å². The van der Waals surface area contributed by atoms with Gasteiger partial charge in [0.25, 0.3) is 0 Å². The van der Waals surface area contributed by atoms with E-state index in [1.807, 2.05) is 16.7 Å². The molecule has 0 atom stereocenters. The molecule has 0 aliphatic rings. The number of hydrogen-bond donors (Lipinski definition) is 0. The number of benzene rings is 1. The SMILES string of the molecule is Fc1cc2c(cc1Cl)nc(CCl)n2CCc1ccco1. The average molecular weight is 313 g/mol. The highest BCUT2D eigenvalue weighted by Gasteiger charge is 2.13. The van der Waals surface area contributed by atoms with Crippen LogP contribution in [0.15, 0.2) is 34.9 Å². The average Bonchev–Trinajstić information content (AvgIpc) is 3.05. The van der Waals surface area contributed by atoms with Crippen molar-refractivity contribution in [1.82, 2.24) is 9.55 Å². The van der Waals surface area contributed by atoms with Crippen molar-refractivity contribution in [2.75, 3.05) is 0 Å². The molecule has 0 bridgehead atoms. The fourth-order valence-electron chi connectivity index (χ4n) is 2.20. The van der Waals surface area contributed by atoms with E-state index in [1.54, 1.807) is 6.26 Å². The van der Waals surface area contributed by atoms with E-state index >= 15 is 0 Å². The number of aromatic nitrogens is 2. The van der Waals surface area contributed by atoms with Crippen LogP contribution in [0.3, 0.4) is 0 Å². The highest BCUT2D eigenvalue weighted by molar-refractivity contribution is 6.31. The van der Waals surface area contributed by atoms with Gasteiger partial charge in [0.05, 0.1) is 28.2 Å². The van der Waals surface area contributed by atoms with Crippen LogP contribution in [0.4, 0.5) is 4.39 Å². The summed E-state index contributed by atoms with van der Waals surface area (Å²) in [5.74, 6) is 1.35. The van der Waals surface area contributed by atoms with Crippen molar-refractivity contribution in [2.45, 2.75) is 18.8 Å². The normalized spacial score (nSPS) is 11.3. The summed E-state index contributed by atoms with van der Waals surface area (Å²) in [7, 11) is 0. The molecule has 0 radical (unpaired) electrons. The summed E-state index contributed by atoms with van der Waals surface area (Å²) in [6.07, 6.45) is 2.32. The molecule has 0 saturated heterocycles. The second-order valence-electron chi connectivity index (χ2n) is 4.40. The first-order valence-corrected chi connectivity index (χ1v) is 7.03. The molecule has 2 heterocycles. The Hall–Kier alpha value is -1.52. The van der Waals surface area contributed by atoms with Gasteiger partial charge < -0.3 is 8.98 Å². The molecule has 0 N–H and O–H groups in total. The number of rotatable bonds is 4. The van der Waals surface area contributed by atoms with Crippen molar-refractivity contribution in [3.05, 3.63) is 53.0 Å². The van der Waals surface area contributed by atoms with Gasteiger partial charge in [0.15, 0.2) is 0 Å². The van der Waals surface area contributed by atoms with Crippen LogP contribution in [0.25, 0.3) is 11.0 Å². The Morgan fingerprint density at radius 1 is 1.35 bits per heavy atom. The third kappa shape index (κ3) is 2.41. The molecular weight excluding hydrogens is 302 g/mol. The van der Waals surface area contributed by atoms with E-state index < -0.39 is 5.82 Å². The van der Waals surface area contributed by atoms with Gasteiger partial charge in [-0.2, -0.15) is 0 Å². The van der Waals surface area contributed by atoms with Gasteiger partial charge in [-0.25, -0.2) is 9.37 Å². The first kappa shape index (κ1) is 13.5. The molecule has 2 aromatic heterocycles. The highest BCUT2D eigenvalue weighted by atomic mass is 35.5. The zero-order valence-corrected chi connectivity index (χ0v) is 12.0. The van der Waals surface area contributed by atoms with Crippen LogP contribution >= 0.6 is 23.2 Å². The van der Waals surface area contributed by atoms with Crippen LogP contribution in [0.2, 0.25) is 5.02 Å². The number of fused-ring (bicyclic) bond motifs is 1. The van der Waals surface area contributed by atoms with E-state index in [2.05, 4.69) is 4.98 Å². The van der Waals surface area contributed by atoms with Crippen molar-refractivity contribution in [1.29, 1.82) is 0 Å². The Labute approximate surface area is 124 Å². The highest BCUT2D eigenvalue weighted by Crippen LogP contribution is 2.24. The molecule has 0 aliphatic heterocycles. The predicted molar refractivity (Wildman–Crippen MR) is 76.7 cm³/mol. The second kappa shape index (κ2) is 5.46. The predicted octanol–water partition coefficient (Wildman–Crippen LogP) is 4.40. The van der Waals surface area contributed by atoms with Gasteiger partial charge in [-0.3, -0.25) is 0 Å². The van der Waals surface area contributed by atoms with E-state index in [9.17, 15) is 4.39 Å². The maximum absolute atomic E-state index is 13.6. The standard InChI is InChI=1S/C14H11Cl2FN2O/c15-8-14-18-12-6-10(16)11(17)7-13(12)19(14)4-3-9-2-1-5-20-9/h1-2,5-7H,3-4,8H2. The first-order chi connectivity index (χ1) is 9.69. The van der Waals surface area contributed by atoms with Crippen molar-refractivity contribution >= 4 is 34.2 Å². The summed E-state index contributed by atoms with van der Waals surface area (Å²) < 4.78 is 20.8. The molecule has 0 saturated carbocycles. The first-order valence-electron chi connectivity index (χ1n) is 6.11. The van der Waals surface area contributed by atoms with Crippen molar-refractivity contribution < 1.29 is 8.81 Å². The van der Waals surface area contributed by atoms with Gasteiger partial charge in [0.2, 0.25) is 0 Å². The fourth-order valence-corrected chi connectivity index (χ4v) is 2.56. The summed E-state index contributed by atoms with van der Waals surface area (Å²) in [6.45, 7) is 0.618. The Bertz CT molecular complexity index is 737. The maximum atomic E-state index is 13.6. The molecule has 0 aliphatic carbocycles. The minimum absolute atomic E-state index is 0.0642. The number of aryl methyl sites for hydroxylation is 2. The van der Waals surface area contributed by atoms with Crippen LogP contribution in [0.1, 0.15) is 11.6 Å². The summed E-state index contributed by atoms with van der Waals surface area (Å²) in [5.41, 5.74) is 1.33. The fraction of sp³-hybridized carbons (Fsp3) is 0.214. The number of furan rings is 1. The lowest BCUT2D eigenvalue weighted by Crippen LogP contribution is -2.04. The summed E-state index contributed by atoms with van der Waals surface area (Å²) in [6, 6.07) is 6.65. The van der Waals surface area contributed by atoms with E-state index in [4.69, 9.17) is 27.6 Å². The third-order valence-electron chi connectivity index (χ3n) is 3.15. The Kier molecular flexibility index (Phi) is 3.68. The Morgan fingerprint density at radius 2 is 2.20 bits per heavy atom. The number of imidazole rings is 1. The molecule has 0 spiro atoms. The van der Waals surface area contributed by atoms with Crippen LogP contribution in [0.5, 0.6) is 0 Å². The molecule has 1 aromatic carbocycles. The number of alkyl halides is 1. The van der Waals surface area contributed by atoms with Gasteiger partial charge in [0.1, 0.15) is 17.4 Å². The lowest BCUT2D eigenvalue weighted by Gasteiger charge is -2.06. The topological polar surface area (TPSA) is 31.0 Å². The lowest BCUT2D eigenvalue weighted by molar-refractivity contribution is 0.491. The smallest absolute Gasteiger partial charge is 0.144 e. The van der Waals surface area contributed by atoms with Crippen LogP contribution < -0.4 is 0 Å². The third-order valence-corrected chi connectivity index (χ3v) is 3.68. The van der Waals surface area contributed by atoms with Crippen LogP contribution in [0, 0.1) is 5.82 Å². The summed E-state index contributed by atoms with van der Waals surface area (Å²) in [4.78, 5) is 4.38. The molecule has 3 aromatic rings. The van der Waals surface area contributed by atoms with Gasteiger partial charge in [-0.05, 0) is 18.2 Å². The minimum atomic E-state index is -0.459. The number of hydrogen-bond acceptors (Lipinski definition) is 2. The minimum Gasteiger partial charge on any atom is -0.469 e. The zero-order valence-electron chi connectivity index (χ0n) is 10.4. The zero-order chi connectivity index (χ0) is 14.1. The monoisotopic (exact) mass is 312 g/mol. The van der Waals surface area contributed by atoms with Gasteiger partial charge in [0, 0.05) is 19.0 Å². The van der Waals surface area contributed by atoms with Gasteiger partial charge >= 0.3 is 0 Å². The van der Waals surface area contributed by atoms with Gasteiger partial charge in [-0.15, -0.1) is 11.6 Å². The molecule has 0 fully saturated rings. The summed E-state index contributed by atoms with van der Waals surface area (Å²) in [5, 5.41) is 0.0642. The van der Waals surface area contributed by atoms with Crippen molar-refractivity contribution in [2.24, 2.45) is 0 Å². The Morgan fingerprint density at radius 3 is 2.90 bits per heavy atom. The van der Waals surface area contributed by atoms with Crippen molar-refractivity contribution in [3.63, 3.8) is 0 Å². The second-order valence-corrected chi connectivity index (χ2v) is 5.07. The molecule has 20 heavy (non-hydrogen) atoms. The quantitative estimate of drug-likeness (QED) is 0.668. The molecule has 3 nitrogen and oxygen atoms in total. The summed E-state index contributed by atoms with van der Waals surface area (Å²) >= 11 is 11.7. The largest absolute Gasteiger partial charge is 0.469 e. The Balaban J connectivity index is 2.01. The van der Waals surface area contributed by atoms with E-state index in [0.717, 1.165) is 5.76 Å². The van der Waals surface area contributed by atoms with Gasteiger partial charge in [-0.1, -0.05) is 11.6 Å². The van der Waals surface area contributed by atoms with E-state index in [1.165, 1.54) is 12.1 Å². The molecule has 0 amide bonds. The van der Waals surface area contributed by atoms with Crippen LogP contribution in [-0.2, 0) is 18.8 Å². The molecule has 3 rings (SSSR count). The molecule has 0 unspecified atom stereocenters. The lowest BCUT2D eigenvalue weighted by atomic mass is 10.3. The molecule has 6 heteroatoms. The maximum Gasteiger partial charge on any atom is 0.144 e. The van der Waals surface area contributed by atoms with Crippen molar-refractivity contribution in [3.8, 4) is 0 Å². The van der Waals surface area contributed by atoms with E-state index in [0.29, 0.717) is 29.8 Å². The number of halogens is 3.